The topological polar surface area (TPSA) is 382 Å². The van der Waals surface area contributed by atoms with E-state index in [1.807, 2.05) is 13.8 Å². The van der Waals surface area contributed by atoms with Crippen molar-refractivity contribution in [1.29, 1.82) is 0 Å². The number of hydrogen-bond donors (Lipinski definition) is 13. The highest BCUT2D eigenvalue weighted by Crippen LogP contribution is 2.73. The molecule has 4 aliphatic carbocycles. The van der Waals surface area contributed by atoms with Crippen molar-refractivity contribution in [3.05, 3.63) is 23.8 Å². The zero-order chi connectivity index (χ0) is 61.5. The zero-order valence-corrected chi connectivity index (χ0v) is 49.8. The number of Topliss-reactive ketones (excluding diaryl/α,β-unsaturated/α-hetero) is 1. The van der Waals surface area contributed by atoms with E-state index in [4.69, 9.17) is 52.1 Å². The van der Waals surface area contributed by atoms with Gasteiger partial charge in [0.1, 0.15) is 110 Å². The number of carbonyl (C=O) groups excluding carboxylic acids is 1. The summed E-state index contributed by atoms with van der Waals surface area (Å²) in [7, 11) is 1.22. The number of methoxy groups -OCH3 is 1. The molecular weight excluding hydrogens is 1110 g/mol. The van der Waals surface area contributed by atoms with Crippen LogP contribution in [0.4, 0.5) is 0 Å². The molecule has 0 aromatic rings. The molecule has 25 heteroatoms. The number of allylic oxidation sites excluding steroid dienone is 3. The fourth-order valence-electron chi connectivity index (χ4n) is 16.6. The molecule has 0 bridgehead atoms. The molecule has 0 aromatic heterocycles. The van der Waals surface area contributed by atoms with E-state index < -0.39 is 202 Å². The molecule has 84 heavy (non-hydrogen) atoms. The summed E-state index contributed by atoms with van der Waals surface area (Å²) in [6.45, 7) is 18.0. The van der Waals surface area contributed by atoms with Crippen LogP contribution in [0.3, 0.4) is 0 Å². The van der Waals surface area contributed by atoms with E-state index in [2.05, 4.69) is 47.3 Å². The van der Waals surface area contributed by atoms with Crippen LogP contribution in [-0.2, 0) is 56.9 Å². The average Bonchev–Trinajstić information content (AvgIpc) is 1.52. The SMILES string of the molecule is C=C(C)CCCC(C)(O)C1C(=O)CC2(C)C3CCC4C(C)(CCC(OC5OCC(OC6OC(CO)C(O)C(O)C6O)C(O)C5OC5OC(C)C(OC6OCC(O)C(OC7OC(CO)C(O)C(OC)C7O)C6O)C(O)C5O)C4(C)C)C3=CCC12C. The summed E-state index contributed by atoms with van der Waals surface area (Å²) in [5, 5.41) is 144. The van der Waals surface area contributed by atoms with Crippen molar-refractivity contribution in [2.45, 2.75) is 266 Å². The van der Waals surface area contributed by atoms with Gasteiger partial charge in [-0.05, 0) is 106 Å². The van der Waals surface area contributed by atoms with Crippen molar-refractivity contribution in [3.63, 3.8) is 0 Å². The lowest BCUT2D eigenvalue weighted by atomic mass is 9.41. The van der Waals surface area contributed by atoms with Crippen LogP contribution in [0.15, 0.2) is 23.8 Å². The fourth-order valence-corrected chi connectivity index (χ4v) is 16.6. The van der Waals surface area contributed by atoms with Crippen LogP contribution in [-0.4, -0.2) is 259 Å². The van der Waals surface area contributed by atoms with Crippen LogP contribution >= 0.6 is 0 Å². The normalized spacial score (nSPS) is 51.2. The smallest absolute Gasteiger partial charge is 0.187 e. The summed E-state index contributed by atoms with van der Waals surface area (Å²) in [6, 6.07) is 0. The fraction of sp³-hybridized carbons (Fsp3) is 0.915. The lowest BCUT2D eigenvalue weighted by molar-refractivity contribution is -0.390. The molecule has 5 heterocycles. The third-order valence-corrected chi connectivity index (χ3v) is 21.5. The third kappa shape index (κ3) is 11.8. The Morgan fingerprint density at radius 2 is 1.26 bits per heavy atom. The van der Waals surface area contributed by atoms with E-state index in [9.17, 15) is 71.2 Å². The van der Waals surface area contributed by atoms with Crippen LogP contribution in [0, 0.1) is 39.4 Å². The average molecular weight is 1210 g/mol. The van der Waals surface area contributed by atoms with Gasteiger partial charge < -0.3 is 118 Å². The van der Waals surface area contributed by atoms with E-state index in [1.54, 1.807) is 0 Å². The third-order valence-electron chi connectivity index (χ3n) is 21.5. The summed E-state index contributed by atoms with van der Waals surface area (Å²) in [6.07, 6.45) is -28.8. The molecular formula is C59H96O25. The van der Waals surface area contributed by atoms with Crippen molar-refractivity contribution >= 4 is 5.78 Å². The predicted molar refractivity (Wildman–Crippen MR) is 289 cm³/mol. The maximum atomic E-state index is 14.3. The minimum Gasteiger partial charge on any atom is -0.394 e. The summed E-state index contributed by atoms with van der Waals surface area (Å²) >= 11 is 0. The molecule has 482 valence electrons. The summed E-state index contributed by atoms with van der Waals surface area (Å²) in [5.74, 6) is -0.245. The van der Waals surface area contributed by atoms with Crippen LogP contribution < -0.4 is 0 Å². The minimum atomic E-state index is -1.95. The van der Waals surface area contributed by atoms with E-state index in [0.717, 1.165) is 31.3 Å². The Kier molecular flexibility index (Phi) is 20.2. The lowest BCUT2D eigenvalue weighted by Crippen LogP contribution is -2.66. The number of ether oxygens (including phenoxy) is 11. The summed E-state index contributed by atoms with van der Waals surface area (Å²) in [4.78, 5) is 14.3. The number of aliphatic hydroxyl groups excluding tert-OH is 12. The second-order valence-corrected chi connectivity index (χ2v) is 27.3. The van der Waals surface area contributed by atoms with Crippen LogP contribution in [0.1, 0.15) is 113 Å². The van der Waals surface area contributed by atoms with Gasteiger partial charge in [-0.3, -0.25) is 4.79 Å². The van der Waals surface area contributed by atoms with Crippen molar-refractivity contribution < 1.29 is 123 Å². The predicted octanol–water partition coefficient (Wildman–Crippen LogP) is -1.29. The van der Waals surface area contributed by atoms with E-state index in [0.29, 0.717) is 32.1 Å². The standard InChI is InChI=1S/C59H96O25/c1-25(2)12-11-17-59(9,73)49-29(62)20-58(8)28-13-14-34-55(4,5)35(16-18-56(34,6)27(28)15-19-57(49,58)7)81-54-48(38(66)33(24-76-54)80-52-41(69)39(67)36(64)31(21-60)78-52)84-51-42(70)40(68)45(26(3)77-51)82-50-43(71)46(30(63)23-75-50)83-53-44(72)47(74-10)37(65)32(22-61)79-53/h15,26,28,30-54,60-61,63-73H,1,11-14,16-24H2,2-10H3. The van der Waals surface area contributed by atoms with Crippen LogP contribution in [0.5, 0.6) is 0 Å². The van der Waals surface area contributed by atoms with Crippen molar-refractivity contribution in [3.8, 4) is 0 Å². The van der Waals surface area contributed by atoms with Gasteiger partial charge in [-0.15, -0.1) is 6.58 Å². The number of fused-ring (bicyclic) bond motifs is 5. The van der Waals surface area contributed by atoms with Crippen molar-refractivity contribution in [1.82, 2.24) is 0 Å². The Morgan fingerprint density at radius 3 is 1.92 bits per heavy atom. The Bertz CT molecular complexity index is 2310. The molecule has 0 amide bonds. The number of hydrogen-bond acceptors (Lipinski definition) is 25. The molecule has 0 aromatic carbocycles. The van der Waals surface area contributed by atoms with Crippen LogP contribution in [0.25, 0.3) is 0 Å². The molecule has 5 aliphatic heterocycles. The lowest BCUT2D eigenvalue weighted by Gasteiger charge is -2.64. The van der Waals surface area contributed by atoms with Gasteiger partial charge in [-0.1, -0.05) is 51.8 Å². The van der Waals surface area contributed by atoms with Crippen molar-refractivity contribution in [2.75, 3.05) is 33.5 Å². The first-order valence-corrected chi connectivity index (χ1v) is 30.0. The summed E-state index contributed by atoms with van der Waals surface area (Å²) < 4.78 is 65.8. The molecule has 9 aliphatic rings. The number of rotatable bonds is 18. The van der Waals surface area contributed by atoms with Gasteiger partial charge in [0.05, 0.1) is 50.2 Å². The second-order valence-electron chi connectivity index (χ2n) is 27.3. The highest BCUT2D eigenvalue weighted by molar-refractivity contribution is 5.87. The molecule has 25 nitrogen and oxygen atoms in total. The van der Waals surface area contributed by atoms with E-state index >= 15 is 0 Å². The number of carbonyl (C=O) groups is 1. The quantitative estimate of drug-likeness (QED) is 0.0561. The maximum absolute atomic E-state index is 14.3. The highest BCUT2D eigenvalue weighted by atomic mass is 16.8. The molecule has 5 saturated heterocycles. The first-order valence-electron chi connectivity index (χ1n) is 30.0. The molecule has 3 saturated carbocycles. The first-order chi connectivity index (χ1) is 39.4. The highest BCUT2D eigenvalue weighted by Gasteiger charge is 2.70. The minimum absolute atomic E-state index is 0.0588. The van der Waals surface area contributed by atoms with E-state index in [-0.39, 0.29) is 23.0 Å². The molecule has 31 unspecified atom stereocenters. The van der Waals surface area contributed by atoms with E-state index in [1.165, 1.54) is 19.6 Å². The monoisotopic (exact) mass is 1200 g/mol. The van der Waals surface area contributed by atoms with Crippen LogP contribution in [0.2, 0.25) is 0 Å². The Labute approximate surface area is 490 Å². The van der Waals surface area contributed by atoms with Gasteiger partial charge in [0.15, 0.2) is 31.5 Å². The summed E-state index contributed by atoms with van der Waals surface area (Å²) in [5.41, 5.74) is -0.546. The molecule has 0 spiro atoms. The molecule has 31 atom stereocenters. The van der Waals surface area contributed by atoms with Gasteiger partial charge in [-0.25, -0.2) is 0 Å². The van der Waals surface area contributed by atoms with Gasteiger partial charge in [0.2, 0.25) is 0 Å². The molecule has 13 N–H and O–H groups in total. The maximum Gasteiger partial charge on any atom is 0.187 e. The molecule has 0 radical (unpaired) electrons. The first kappa shape index (κ1) is 66.6. The largest absolute Gasteiger partial charge is 0.394 e. The van der Waals surface area contributed by atoms with Gasteiger partial charge in [0.25, 0.3) is 0 Å². The molecule has 9 rings (SSSR count). The Balaban J connectivity index is 0.917. The number of ketones is 1. The zero-order valence-electron chi connectivity index (χ0n) is 49.8. The second kappa shape index (κ2) is 25.5. The Morgan fingerprint density at radius 1 is 0.667 bits per heavy atom. The van der Waals surface area contributed by atoms with Crippen molar-refractivity contribution in [2.24, 2.45) is 39.4 Å². The van der Waals surface area contributed by atoms with Gasteiger partial charge in [-0.2, -0.15) is 0 Å². The van der Waals surface area contributed by atoms with Gasteiger partial charge in [0, 0.05) is 13.5 Å². The van der Waals surface area contributed by atoms with Gasteiger partial charge >= 0.3 is 0 Å². The molecule has 8 fully saturated rings. The number of aliphatic hydroxyl groups is 13. The Hall–Kier alpha value is -1.81.